The Morgan fingerprint density at radius 2 is 2.05 bits per heavy atom. The molecule has 1 aliphatic heterocycles. The molecule has 0 saturated heterocycles. The van der Waals surface area contributed by atoms with Crippen LogP contribution in [0, 0.1) is 6.92 Å². The quantitative estimate of drug-likeness (QED) is 0.933. The highest BCUT2D eigenvalue weighted by Gasteiger charge is 2.11. The second-order valence-corrected chi connectivity index (χ2v) is 4.99. The van der Waals surface area contributed by atoms with E-state index in [2.05, 4.69) is 16.5 Å². The summed E-state index contributed by atoms with van der Waals surface area (Å²) in [5.41, 5.74) is 3.22. The van der Waals surface area contributed by atoms with Crippen LogP contribution in [-0.2, 0) is 13.6 Å². The molecule has 0 radical (unpaired) electrons. The lowest BCUT2D eigenvalue weighted by molar-refractivity contribution is 0.297. The monoisotopic (exact) mass is 273 g/mol. The molecule has 5 heteroatoms. The molecule has 1 aromatic heterocycles. The molecule has 3 rings (SSSR count). The summed E-state index contributed by atoms with van der Waals surface area (Å²) in [5.74, 6) is 1.67. The smallest absolute Gasteiger partial charge is 0.161 e. The van der Waals surface area contributed by atoms with Gasteiger partial charge >= 0.3 is 0 Å². The Morgan fingerprint density at radius 1 is 1.25 bits per heavy atom. The number of rotatable bonds is 3. The molecule has 2 aromatic rings. The van der Waals surface area contributed by atoms with Gasteiger partial charge in [0.15, 0.2) is 11.5 Å². The third-order valence-corrected chi connectivity index (χ3v) is 3.31. The Labute approximate surface area is 118 Å². The minimum atomic E-state index is 0.714. The van der Waals surface area contributed by atoms with E-state index in [1.165, 1.54) is 0 Å². The minimum Gasteiger partial charge on any atom is -0.490 e. The van der Waals surface area contributed by atoms with E-state index in [9.17, 15) is 0 Å². The van der Waals surface area contributed by atoms with Gasteiger partial charge in [-0.1, -0.05) is 6.07 Å². The molecule has 0 atom stereocenters. The van der Waals surface area contributed by atoms with Crippen LogP contribution in [0.25, 0.3) is 0 Å². The number of aromatic nitrogens is 2. The fraction of sp³-hybridized carbons (Fsp3) is 0.400. The molecule has 5 nitrogen and oxygen atoms in total. The van der Waals surface area contributed by atoms with Gasteiger partial charge in [-0.2, -0.15) is 5.10 Å². The highest BCUT2D eigenvalue weighted by Crippen LogP contribution is 2.30. The molecule has 20 heavy (non-hydrogen) atoms. The average molecular weight is 273 g/mol. The third-order valence-electron chi connectivity index (χ3n) is 3.31. The molecular formula is C15H19N3O2. The van der Waals surface area contributed by atoms with Crippen molar-refractivity contribution in [1.29, 1.82) is 0 Å². The summed E-state index contributed by atoms with van der Waals surface area (Å²) in [6, 6.07) is 6.08. The SMILES string of the molecule is Cc1nn(C)cc1NCc1ccc2c(c1)OCCCO2. The number of nitrogens with zero attached hydrogens (tertiary/aromatic N) is 2. The first-order chi connectivity index (χ1) is 9.72. The van der Waals surface area contributed by atoms with E-state index in [4.69, 9.17) is 9.47 Å². The zero-order valence-electron chi connectivity index (χ0n) is 11.8. The number of benzene rings is 1. The molecule has 0 fully saturated rings. The third kappa shape index (κ3) is 2.71. The van der Waals surface area contributed by atoms with Crippen LogP contribution in [-0.4, -0.2) is 23.0 Å². The molecule has 0 aliphatic carbocycles. The number of hydrogen-bond acceptors (Lipinski definition) is 4. The maximum absolute atomic E-state index is 5.70. The number of hydrogen-bond donors (Lipinski definition) is 1. The second kappa shape index (κ2) is 5.45. The highest BCUT2D eigenvalue weighted by molar-refractivity contribution is 5.48. The molecule has 2 heterocycles. The van der Waals surface area contributed by atoms with Crippen LogP contribution in [0.1, 0.15) is 17.7 Å². The first kappa shape index (κ1) is 12.8. The van der Waals surface area contributed by atoms with E-state index in [1.807, 2.05) is 37.0 Å². The van der Waals surface area contributed by atoms with Crippen LogP contribution in [0.2, 0.25) is 0 Å². The van der Waals surface area contributed by atoms with E-state index in [-0.39, 0.29) is 0 Å². The van der Waals surface area contributed by atoms with E-state index < -0.39 is 0 Å². The van der Waals surface area contributed by atoms with Gasteiger partial charge in [0.25, 0.3) is 0 Å². The van der Waals surface area contributed by atoms with Crippen molar-refractivity contribution in [3.8, 4) is 11.5 Å². The molecule has 1 N–H and O–H groups in total. The molecule has 0 spiro atoms. The summed E-state index contributed by atoms with van der Waals surface area (Å²) in [5, 5.41) is 7.71. The van der Waals surface area contributed by atoms with Crippen molar-refractivity contribution in [1.82, 2.24) is 9.78 Å². The van der Waals surface area contributed by atoms with Gasteiger partial charge in [0.1, 0.15) is 0 Å². The molecular weight excluding hydrogens is 254 g/mol. The lowest BCUT2D eigenvalue weighted by Gasteiger charge is -2.10. The standard InChI is InChI=1S/C15H19N3O2/c1-11-13(10-18(2)17-11)16-9-12-4-5-14-15(8-12)20-7-3-6-19-14/h4-5,8,10,16H,3,6-7,9H2,1-2H3. The first-order valence-electron chi connectivity index (χ1n) is 6.85. The van der Waals surface area contributed by atoms with Crippen LogP contribution in [0.15, 0.2) is 24.4 Å². The average Bonchev–Trinajstić information content (AvgIpc) is 2.64. The Balaban J connectivity index is 1.72. The number of anilines is 1. The fourth-order valence-electron chi connectivity index (χ4n) is 2.29. The molecule has 0 saturated carbocycles. The van der Waals surface area contributed by atoms with Crippen molar-refractivity contribution in [2.45, 2.75) is 19.9 Å². The van der Waals surface area contributed by atoms with Crippen molar-refractivity contribution < 1.29 is 9.47 Å². The maximum Gasteiger partial charge on any atom is 0.161 e. The highest BCUT2D eigenvalue weighted by atomic mass is 16.5. The Kier molecular flexibility index (Phi) is 3.50. The number of nitrogens with one attached hydrogen (secondary N) is 1. The zero-order chi connectivity index (χ0) is 13.9. The summed E-state index contributed by atoms with van der Waals surface area (Å²) in [6.45, 7) is 4.17. The number of fused-ring (bicyclic) bond motifs is 1. The topological polar surface area (TPSA) is 48.3 Å². The number of ether oxygens (including phenoxy) is 2. The van der Waals surface area contributed by atoms with Crippen molar-refractivity contribution >= 4 is 5.69 Å². The molecule has 0 unspecified atom stereocenters. The van der Waals surface area contributed by atoms with Gasteiger partial charge < -0.3 is 14.8 Å². The lowest BCUT2D eigenvalue weighted by Crippen LogP contribution is -2.01. The van der Waals surface area contributed by atoms with Crippen LogP contribution >= 0.6 is 0 Å². The van der Waals surface area contributed by atoms with Crippen LogP contribution in [0.3, 0.4) is 0 Å². The van der Waals surface area contributed by atoms with Crippen molar-refractivity contribution in [3.05, 3.63) is 35.7 Å². The summed E-state index contributed by atoms with van der Waals surface area (Å²) in [7, 11) is 1.92. The zero-order valence-corrected chi connectivity index (χ0v) is 11.8. The Morgan fingerprint density at radius 3 is 2.80 bits per heavy atom. The normalized spacial score (nSPS) is 13.9. The largest absolute Gasteiger partial charge is 0.490 e. The molecule has 1 aromatic carbocycles. The minimum absolute atomic E-state index is 0.714. The van der Waals surface area contributed by atoms with Gasteiger partial charge in [0, 0.05) is 26.2 Å². The van der Waals surface area contributed by atoms with Crippen molar-refractivity contribution in [3.63, 3.8) is 0 Å². The summed E-state index contributed by atoms with van der Waals surface area (Å²) in [6.07, 6.45) is 2.91. The number of aryl methyl sites for hydroxylation is 2. The van der Waals surface area contributed by atoms with E-state index in [1.54, 1.807) is 0 Å². The van der Waals surface area contributed by atoms with Crippen LogP contribution in [0.5, 0.6) is 11.5 Å². The Bertz CT molecular complexity index is 607. The van der Waals surface area contributed by atoms with Gasteiger partial charge in [0.2, 0.25) is 0 Å². The van der Waals surface area contributed by atoms with E-state index in [0.717, 1.165) is 48.0 Å². The van der Waals surface area contributed by atoms with Crippen molar-refractivity contribution in [2.24, 2.45) is 7.05 Å². The van der Waals surface area contributed by atoms with Crippen molar-refractivity contribution in [2.75, 3.05) is 18.5 Å². The lowest BCUT2D eigenvalue weighted by atomic mass is 10.2. The van der Waals surface area contributed by atoms with Crippen LogP contribution < -0.4 is 14.8 Å². The van der Waals surface area contributed by atoms with E-state index in [0.29, 0.717) is 6.61 Å². The van der Waals surface area contributed by atoms with Gasteiger partial charge in [-0.15, -0.1) is 0 Å². The summed E-state index contributed by atoms with van der Waals surface area (Å²) >= 11 is 0. The van der Waals surface area contributed by atoms with Gasteiger partial charge in [0.05, 0.1) is 24.6 Å². The van der Waals surface area contributed by atoms with E-state index >= 15 is 0 Å². The summed E-state index contributed by atoms with van der Waals surface area (Å²) in [4.78, 5) is 0. The predicted molar refractivity (Wildman–Crippen MR) is 77.3 cm³/mol. The van der Waals surface area contributed by atoms with Gasteiger partial charge in [-0.05, 0) is 24.6 Å². The predicted octanol–water partition coefficient (Wildman–Crippen LogP) is 2.50. The van der Waals surface area contributed by atoms with Gasteiger partial charge in [-0.25, -0.2) is 0 Å². The summed E-state index contributed by atoms with van der Waals surface area (Å²) < 4.78 is 13.1. The molecule has 106 valence electrons. The van der Waals surface area contributed by atoms with Gasteiger partial charge in [-0.3, -0.25) is 4.68 Å². The Hall–Kier alpha value is -2.17. The molecule has 0 bridgehead atoms. The second-order valence-electron chi connectivity index (χ2n) is 4.99. The molecule has 0 amide bonds. The van der Waals surface area contributed by atoms with Crippen LogP contribution in [0.4, 0.5) is 5.69 Å². The first-order valence-corrected chi connectivity index (χ1v) is 6.85. The fourth-order valence-corrected chi connectivity index (χ4v) is 2.29. The molecule has 1 aliphatic rings. The maximum atomic E-state index is 5.70.